The van der Waals surface area contributed by atoms with E-state index in [-0.39, 0.29) is 0 Å². The van der Waals surface area contributed by atoms with Crippen molar-refractivity contribution in [2.75, 3.05) is 6.54 Å². The fourth-order valence-corrected chi connectivity index (χ4v) is 2.50. The fraction of sp³-hybridized carbons (Fsp3) is 1.00. The second kappa shape index (κ2) is 3.11. The van der Waals surface area contributed by atoms with E-state index >= 15 is 0 Å². The molecule has 2 nitrogen and oxygen atoms in total. The number of nitrogens with zero attached hydrogens (tertiary/aromatic N) is 1. The van der Waals surface area contributed by atoms with Crippen molar-refractivity contribution in [3.8, 4) is 0 Å². The molecule has 0 radical (unpaired) electrons. The maximum atomic E-state index is 5.98. The van der Waals surface area contributed by atoms with Gasteiger partial charge in [0.15, 0.2) is 0 Å². The minimum Gasteiger partial charge on any atom is -0.316 e. The molecule has 0 aromatic heterocycles. The van der Waals surface area contributed by atoms with Gasteiger partial charge in [0.1, 0.15) is 0 Å². The van der Waals surface area contributed by atoms with Crippen LogP contribution >= 0.6 is 0 Å². The summed E-state index contributed by atoms with van der Waals surface area (Å²) in [5.41, 5.74) is 5.98. The first-order valence-corrected chi connectivity index (χ1v) is 4.89. The Labute approximate surface area is 68.7 Å². The van der Waals surface area contributed by atoms with Gasteiger partial charge in [-0.1, -0.05) is 12.8 Å². The second-order valence-corrected chi connectivity index (χ2v) is 3.89. The zero-order valence-electron chi connectivity index (χ0n) is 7.13. The Kier molecular flexibility index (Phi) is 2.14. The molecule has 0 amide bonds. The molecule has 2 aliphatic rings. The zero-order valence-corrected chi connectivity index (χ0v) is 7.13. The zero-order chi connectivity index (χ0) is 7.68. The normalized spacial score (nSPS) is 35.2. The van der Waals surface area contributed by atoms with Gasteiger partial charge in [0.2, 0.25) is 0 Å². The van der Waals surface area contributed by atoms with Crippen LogP contribution in [0, 0.1) is 0 Å². The van der Waals surface area contributed by atoms with Crippen LogP contribution in [0.25, 0.3) is 0 Å². The maximum Gasteiger partial charge on any atom is 0.0574 e. The van der Waals surface area contributed by atoms with E-state index in [1.54, 1.807) is 0 Å². The largest absolute Gasteiger partial charge is 0.316 e. The van der Waals surface area contributed by atoms with Crippen molar-refractivity contribution in [2.24, 2.45) is 5.73 Å². The molecule has 1 unspecified atom stereocenters. The van der Waals surface area contributed by atoms with Crippen LogP contribution in [0.5, 0.6) is 0 Å². The van der Waals surface area contributed by atoms with Crippen LogP contribution in [0.3, 0.4) is 0 Å². The lowest BCUT2D eigenvalue weighted by atomic mass is 10.2. The highest BCUT2D eigenvalue weighted by Gasteiger charge is 2.29. The van der Waals surface area contributed by atoms with Gasteiger partial charge in [0.05, 0.1) is 6.17 Å². The van der Waals surface area contributed by atoms with Crippen LogP contribution in [-0.2, 0) is 0 Å². The molecule has 0 bridgehead atoms. The predicted molar refractivity (Wildman–Crippen MR) is 46.2 cm³/mol. The van der Waals surface area contributed by atoms with E-state index in [1.807, 2.05) is 0 Å². The highest BCUT2D eigenvalue weighted by Crippen LogP contribution is 2.27. The van der Waals surface area contributed by atoms with Crippen molar-refractivity contribution in [3.63, 3.8) is 0 Å². The van der Waals surface area contributed by atoms with Crippen molar-refractivity contribution in [1.82, 2.24) is 4.90 Å². The first-order chi connectivity index (χ1) is 5.38. The van der Waals surface area contributed by atoms with Gasteiger partial charge in [0.25, 0.3) is 0 Å². The summed E-state index contributed by atoms with van der Waals surface area (Å²) in [6.07, 6.45) is 8.57. The minimum absolute atomic E-state index is 0.387. The molecule has 1 atom stereocenters. The summed E-state index contributed by atoms with van der Waals surface area (Å²) >= 11 is 0. The Morgan fingerprint density at radius 2 is 1.73 bits per heavy atom. The van der Waals surface area contributed by atoms with Crippen LogP contribution in [0.15, 0.2) is 0 Å². The van der Waals surface area contributed by atoms with Gasteiger partial charge < -0.3 is 5.73 Å². The summed E-state index contributed by atoms with van der Waals surface area (Å²) in [5, 5.41) is 0. The van der Waals surface area contributed by atoms with Crippen LogP contribution < -0.4 is 5.73 Å². The molecule has 1 heterocycles. The molecule has 1 aliphatic heterocycles. The van der Waals surface area contributed by atoms with Crippen molar-refractivity contribution >= 4 is 0 Å². The minimum atomic E-state index is 0.387. The fourth-order valence-electron chi connectivity index (χ4n) is 2.50. The first kappa shape index (κ1) is 7.56. The first-order valence-electron chi connectivity index (χ1n) is 4.89. The molecule has 1 saturated heterocycles. The monoisotopic (exact) mass is 154 g/mol. The Morgan fingerprint density at radius 1 is 1.00 bits per heavy atom. The third kappa shape index (κ3) is 1.42. The van der Waals surface area contributed by atoms with Gasteiger partial charge in [-0.3, -0.25) is 4.90 Å². The summed E-state index contributed by atoms with van der Waals surface area (Å²) in [6, 6.07) is 0.840. The Bertz CT molecular complexity index is 130. The number of hydrogen-bond donors (Lipinski definition) is 1. The van der Waals surface area contributed by atoms with E-state index < -0.39 is 0 Å². The third-order valence-corrected chi connectivity index (χ3v) is 3.14. The van der Waals surface area contributed by atoms with Crippen LogP contribution in [0.2, 0.25) is 0 Å². The van der Waals surface area contributed by atoms with Crippen LogP contribution in [0.1, 0.15) is 38.5 Å². The number of hydrogen-bond acceptors (Lipinski definition) is 2. The second-order valence-electron chi connectivity index (χ2n) is 3.89. The average molecular weight is 154 g/mol. The SMILES string of the molecule is NC1CCCN1C1CCCC1. The highest BCUT2D eigenvalue weighted by molar-refractivity contribution is 4.84. The maximum absolute atomic E-state index is 5.98. The van der Waals surface area contributed by atoms with Crippen LogP contribution in [0.4, 0.5) is 0 Å². The van der Waals surface area contributed by atoms with E-state index in [2.05, 4.69) is 4.90 Å². The topological polar surface area (TPSA) is 29.3 Å². The van der Waals surface area contributed by atoms with Crippen molar-refractivity contribution < 1.29 is 0 Å². The summed E-state index contributed by atoms with van der Waals surface area (Å²) < 4.78 is 0. The number of nitrogens with two attached hydrogens (primary N) is 1. The molecule has 2 rings (SSSR count). The molecule has 2 heteroatoms. The molecule has 0 spiro atoms. The molecule has 0 aromatic rings. The van der Waals surface area contributed by atoms with E-state index in [0.29, 0.717) is 6.17 Å². The lowest BCUT2D eigenvalue weighted by Gasteiger charge is -2.27. The summed E-state index contributed by atoms with van der Waals surface area (Å²) in [6.45, 7) is 1.26. The van der Waals surface area contributed by atoms with E-state index in [0.717, 1.165) is 6.04 Å². The van der Waals surface area contributed by atoms with E-state index in [4.69, 9.17) is 5.73 Å². The summed E-state index contributed by atoms with van der Waals surface area (Å²) in [4.78, 5) is 2.52. The number of likely N-dealkylation sites (tertiary alicyclic amines) is 1. The van der Waals surface area contributed by atoms with Gasteiger partial charge in [-0.15, -0.1) is 0 Å². The molecule has 2 N–H and O–H groups in total. The van der Waals surface area contributed by atoms with Gasteiger partial charge in [0, 0.05) is 12.6 Å². The quantitative estimate of drug-likeness (QED) is 0.617. The molecule has 64 valence electrons. The predicted octanol–water partition coefficient (Wildman–Crippen LogP) is 1.31. The summed E-state index contributed by atoms with van der Waals surface area (Å²) in [5.74, 6) is 0. The summed E-state index contributed by atoms with van der Waals surface area (Å²) in [7, 11) is 0. The molecule has 11 heavy (non-hydrogen) atoms. The Morgan fingerprint density at radius 3 is 2.27 bits per heavy atom. The highest BCUT2D eigenvalue weighted by atomic mass is 15.3. The van der Waals surface area contributed by atoms with Gasteiger partial charge in [-0.2, -0.15) is 0 Å². The molecule has 2 fully saturated rings. The van der Waals surface area contributed by atoms with E-state index in [1.165, 1.54) is 45.1 Å². The Hall–Kier alpha value is -0.0800. The molecule has 0 aromatic carbocycles. The van der Waals surface area contributed by atoms with Crippen LogP contribution in [-0.4, -0.2) is 23.7 Å². The third-order valence-electron chi connectivity index (χ3n) is 3.14. The van der Waals surface area contributed by atoms with Gasteiger partial charge in [-0.05, 0) is 25.7 Å². The Balaban J connectivity index is 1.92. The average Bonchev–Trinajstić information content (AvgIpc) is 2.55. The van der Waals surface area contributed by atoms with Gasteiger partial charge in [-0.25, -0.2) is 0 Å². The van der Waals surface area contributed by atoms with Crippen molar-refractivity contribution in [1.29, 1.82) is 0 Å². The molecule has 1 aliphatic carbocycles. The molecular weight excluding hydrogens is 136 g/mol. The van der Waals surface area contributed by atoms with Gasteiger partial charge >= 0.3 is 0 Å². The van der Waals surface area contributed by atoms with Crippen molar-refractivity contribution in [3.05, 3.63) is 0 Å². The lowest BCUT2D eigenvalue weighted by Crippen LogP contribution is -2.42. The molecule has 1 saturated carbocycles. The smallest absolute Gasteiger partial charge is 0.0574 e. The van der Waals surface area contributed by atoms with E-state index in [9.17, 15) is 0 Å². The standard InChI is InChI=1S/C9H18N2/c10-9-6-3-7-11(9)8-4-1-2-5-8/h8-9H,1-7,10H2. The van der Waals surface area contributed by atoms with Crippen molar-refractivity contribution in [2.45, 2.75) is 50.7 Å². The lowest BCUT2D eigenvalue weighted by molar-refractivity contribution is 0.185. The molecular formula is C9H18N2. The number of rotatable bonds is 1.